The van der Waals surface area contributed by atoms with Gasteiger partial charge in [-0.15, -0.1) is 23.4 Å². The molecule has 14 heavy (non-hydrogen) atoms. The lowest BCUT2D eigenvalue weighted by molar-refractivity contribution is 1.12. The maximum Gasteiger partial charge on any atom is 0.100 e. The van der Waals surface area contributed by atoms with Crippen LogP contribution in [0.15, 0.2) is 23.1 Å². The van der Waals surface area contributed by atoms with E-state index in [0.29, 0.717) is 11.1 Å². The number of nitriles is 1. The summed E-state index contributed by atoms with van der Waals surface area (Å²) in [5.74, 6) is 0.601. The van der Waals surface area contributed by atoms with E-state index in [9.17, 15) is 0 Å². The number of rotatable bonds is 3. The summed E-state index contributed by atoms with van der Waals surface area (Å²) in [4.78, 5) is 1.02. The molecular weight excluding hydrogens is 214 g/mol. The fourth-order valence-electron chi connectivity index (χ4n) is 1.08. The van der Waals surface area contributed by atoms with Crippen LogP contribution in [0.4, 0.5) is 0 Å². The second-order valence-corrected chi connectivity index (χ2v) is 4.98. The van der Waals surface area contributed by atoms with Crippen molar-refractivity contribution in [2.45, 2.75) is 24.0 Å². The fraction of sp³-hybridized carbons (Fsp3) is 0.364. The number of hydrogen-bond acceptors (Lipinski definition) is 2. The Bertz CT molecular complexity index is 357. The van der Waals surface area contributed by atoms with Gasteiger partial charge in [0.2, 0.25) is 0 Å². The van der Waals surface area contributed by atoms with Crippen LogP contribution in [-0.2, 0) is 0 Å². The molecule has 0 amide bonds. The van der Waals surface area contributed by atoms with E-state index in [1.807, 2.05) is 25.1 Å². The van der Waals surface area contributed by atoms with Crippen molar-refractivity contribution in [2.24, 2.45) is 0 Å². The van der Waals surface area contributed by atoms with Crippen LogP contribution in [0.3, 0.4) is 0 Å². The Morgan fingerprint density at radius 3 is 2.86 bits per heavy atom. The molecule has 1 aromatic carbocycles. The zero-order valence-electron chi connectivity index (χ0n) is 8.25. The van der Waals surface area contributed by atoms with Crippen LogP contribution < -0.4 is 0 Å². The Kier molecular flexibility index (Phi) is 4.31. The molecule has 0 N–H and O–H groups in total. The molecule has 0 heterocycles. The summed E-state index contributed by atoms with van der Waals surface area (Å²) >= 11 is 7.37. The number of thioether (sulfide) groups is 1. The van der Waals surface area contributed by atoms with Gasteiger partial charge in [0, 0.05) is 16.0 Å². The fourth-order valence-corrected chi connectivity index (χ4v) is 2.15. The lowest BCUT2D eigenvalue weighted by atomic mass is 10.2. The lowest BCUT2D eigenvalue weighted by Gasteiger charge is -2.08. The number of aryl methyl sites for hydroxylation is 1. The molecule has 0 radical (unpaired) electrons. The van der Waals surface area contributed by atoms with E-state index in [1.165, 1.54) is 0 Å². The average Bonchev–Trinajstić information content (AvgIpc) is 2.20. The molecule has 1 aromatic rings. The van der Waals surface area contributed by atoms with Crippen molar-refractivity contribution in [1.29, 1.82) is 5.26 Å². The smallest absolute Gasteiger partial charge is 0.100 e. The number of halogens is 1. The first-order chi connectivity index (χ1) is 6.67. The molecule has 1 nitrogen and oxygen atoms in total. The highest BCUT2D eigenvalue weighted by Gasteiger charge is 2.07. The number of benzene rings is 1. The van der Waals surface area contributed by atoms with Gasteiger partial charge in [0.15, 0.2) is 0 Å². The second-order valence-electron chi connectivity index (χ2n) is 3.19. The van der Waals surface area contributed by atoms with E-state index >= 15 is 0 Å². The monoisotopic (exact) mass is 225 g/mol. The predicted octanol–water partition coefficient (Wildman–Crippen LogP) is 3.59. The van der Waals surface area contributed by atoms with Crippen molar-refractivity contribution in [1.82, 2.24) is 0 Å². The van der Waals surface area contributed by atoms with Gasteiger partial charge in [0.1, 0.15) is 6.07 Å². The molecule has 1 rings (SSSR count). The van der Waals surface area contributed by atoms with Gasteiger partial charge in [-0.25, -0.2) is 0 Å². The van der Waals surface area contributed by atoms with Crippen molar-refractivity contribution in [3.05, 3.63) is 29.3 Å². The molecular formula is C11H12ClNS. The van der Waals surface area contributed by atoms with Gasteiger partial charge >= 0.3 is 0 Å². The minimum atomic E-state index is 0.339. The third kappa shape index (κ3) is 2.94. The topological polar surface area (TPSA) is 23.8 Å². The van der Waals surface area contributed by atoms with E-state index in [2.05, 4.69) is 13.0 Å². The summed E-state index contributed by atoms with van der Waals surface area (Å²) in [7, 11) is 0. The Morgan fingerprint density at radius 1 is 1.57 bits per heavy atom. The van der Waals surface area contributed by atoms with Crippen molar-refractivity contribution in [2.75, 3.05) is 5.88 Å². The highest BCUT2D eigenvalue weighted by atomic mass is 35.5. The predicted molar refractivity (Wildman–Crippen MR) is 61.9 cm³/mol. The minimum Gasteiger partial charge on any atom is -0.192 e. The Morgan fingerprint density at radius 2 is 2.29 bits per heavy atom. The Labute approximate surface area is 94.1 Å². The largest absolute Gasteiger partial charge is 0.192 e. The molecule has 0 aliphatic rings. The molecule has 0 bridgehead atoms. The molecule has 0 saturated carbocycles. The molecule has 0 saturated heterocycles. The molecule has 0 fully saturated rings. The van der Waals surface area contributed by atoms with Crippen molar-refractivity contribution in [3.8, 4) is 6.07 Å². The van der Waals surface area contributed by atoms with Crippen molar-refractivity contribution < 1.29 is 0 Å². The van der Waals surface area contributed by atoms with Crippen molar-refractivity contribution >= 4 is 23.4 Å². The summed E-state index contributed by atoms with van der Waals surface area (Å²) in [5, 5.41) is 9.27. The third-order valence-electron chi connectivity index (χ3n) is 1.80. The van der Waals surface area contributed by atoms with Crippen LogP contribution in [0, 0.1) is 18.3 Å². The van der Waals surface area contributed by atoms with Crippen LogP contribution in [0.2, 0.25) is 0 Å². The summed E-state index contributed by atoms with van der Waals surface area (Å²) in [6.45, 7) is 4.04. The quantitative estimate of drug-likeness (QED) is 0.580. The minimum absolute atomic E-state index is 0.339. The SMILES string of the molecule is Cc1ccc(SC(C)CCl)c(C#N)c1. The first kappa shape index (κ1) is 11.4. The molecule has 1 atom stereocenters. The van der Waals surface area contributed by atoms with E-state index in [0.717, 1.165) is 16.0 Å². The van der Waals surface area contributed by atoms with Crippen molar-refractivity contribution in [3.63, 3.8) is 0 Å². The van der Waals surface area contributed by atoms with Crippen LogP contribution in [-0.4, -0.2) is 11.1 Å². The van der Waals surface area contributed by atoms with E-state index in [-0.39, 0.29) is 0 Å². The van der Waals surface area contributed by atoms with Crippen LogP contribution in [0.5, 0.6) is 0 Å². The molecule has 74 valence electrons. The van der Waals surface area contributed by atoms with Crippen LogP contribution >= 0.6 is 23.4 Å². The highest BCUT2D eigenvalue weighted by molar-refractivity contribution is 8.00. The Balaban J connectivity index is 2.92. The molecule has 3 heteroatoms. The number of nitrogens with zero attached hydrogens (tertiary/aromatic N) is 1. The zero-order valence-corrected chi connectivity index (χ0v) is 9.82. The van der Waals surface area contributed by atoms with Gasteiger partial charge in [0.25, 0.3) is 0 Å². The summed E-state index contributed by atoms with van der Waals surface area (Å²) < 4.78 is 0. The normalized spacial score (nSPS) is 12.1. The highest BCUT2D eigenvalue weighted by Crippen LogP contribution is 2.27. The zero-order chi connectivity index (χ0) is 10.6. The first-order valence-corrected chi connectivity index (χ1v) is 5.82. The third-order valence-corrected chi connectivity index (χ3v) is 3.63. The molecule has 1 unspecified atom stereocenters. The summed E-state index contributed by atoms with van der Waals surface area (Å²) in [6, 6.07) is 8.11. The van der Waals surface area contributed by atoms with Gasteiger partial charge in [-0.05, 0) is 24.6 Å². The van der Waals surface area contributed by atoms with Crippen LogP contribution in [0.1, 0.15) is 18.1 Å². The van der Waals surface area contributed by atoms with Gasteiger partial charge in [-0.2, -0.15) is 5.26 Å². The van der Waals surface area contributed by atoms with Crippen LogP contribution in [0.25, 0.3) is 0 Å². The first-order valence-electron chi connectivity index (χ1n) is 4.40. The number of hydrogen-bond donors (Lipinski definition) is 0. The average molecular weight is 226 g/mol. The Hall–Kier alpha value is -0.650. The molecule has 0 spiro atoms. The summed E-state index contributed by atoms with van der Waals surface area (Å²) in [5.41, 5.74) is 1.86. The molecule has 0 aliphatic carbocycles. The van der Waals surface area contributed by atoms with E-state index in [4.69, 9.17) is 16.9 Å². The molecule has 0 aliphatic heterocycles. The maximum atomic E-state index is 8.93. The maximum absolute atomic E-state index is 8.93. The number of alkyl halides is 1. The van der Waals surface area contributed by atoms with Gasteiger partial charge in [-0.1, -0.05) is 13.0 Å². The summed E-state index contributed by atoms with van der Waals surface area (Å²) in [6.07, 6.45) is 0. The standard InChI is InChI=1S/C11H12ClNS/c1-8-3-4-11(10(5-8)7-13)14-9(2)6-12/h3-5,9H,6H2,1-2H3. The van der Waals surface area contributed by atoms with Gasteiger partial charge < -0.3 is 0 Å². The van der Waals surface area contributed by atoms with Gasteiger partial charge in [0.05, 0.1) is 5.56 Å². The van der Waals surface area contributed by atoms with E-state index < -0.39 is 0 Å². The lowest BCUT2D eigenvalue weighted by Crippen LogP contribution is -1.97. The molecule has 0 aromatic heterocycles. The van der Waals surface area contributed by atoms with E-state index in [1.54, 1.807) is 11.8 Å². The second kappa shape index (κ2) is 5.29. The van der Waals surface area contributed by atoms with Gasteiger partial charge in [-0.3, -0.25) is 0 Å².